The van der Waals surface area contributed by atoms with Gasteiger partial charge in [-0.2, -0.15) is 0 Å². The second-order valence-corrected chi connectivity index (χ2v) is 3.43. The van der Waals surface area contributed by atoms with Crippen molar-refractivity contribution in [1.29, 1.82) is 0 Å². The first kappa shape index (κ1) is 11.6. The number of rotatable bonds is 4. The average molecular weight is 207 g/mol. The summed E-state index contributed by atoms with van der Waals surface area (Å²) in [5, 5.41) is 0. The van der Waals surface area contributed by atoms with E-state index < -0.39 is 0 Å². The molecule has 0 radical (unpaired) electrons. The first-order chi connectivity index (χ1) is 7.20. The summed E-state index contributed by atoms with van der Waals surface area (Å²) < 4.78 is 4.74. The van der Waals surface area contributed by atoms with Gasteiger partial charge in [0.15, 0.2) is 0 Å². The maximum atomic E-state index is 11.5. The normalized spacial score (nSPS) is 9.80. The molecule has 1 rings (SSSR count). The predicted molar refractivity (Wildman–Crippen MR) is 61.3 cm³/mol. The molecule has 82 valence electrons. The van der Waals surface area contributed by atoms with Crippen LogP contribution in [-0.2, 0) is 4.74 Å². The molecule has 0 aliphatic rings. The van der Waals surface area contributed by atoms with Crippen molar-refractivity contribution < 1.29 is 9.53 Å². The Morgan fingerprint density at radius 3 is 2.67 bits per heavy atom. The third kappa shape index (κ3) is 2.72. The third-order valence-electron chi connectivity index (χ3n) is 2.28. The molecule has 3 nitrogen and oxygen atoms in total. The van der Waals surface area contributed by atoms with Gasteiger partial charge in [-0.15, -0.1) is 0 Å². The molecule has 0 saturated heterocycles. The number of carbonyl (C=O) groups excluding carboxylic acids is 1. The van der Waals surface area contributed by atoms with Gasteiger partial charge in [0.05, 0.1) is 18.4 Å². The lowest BCUT2D eigenvalue weighted by Crippen LogP contribution is -2.20. The lowest BCUT2D eigenvalue weighted by atomic mass is 10.1. The van der Waals surface area contributed by atoms with E-state index in [1.54, 1.807) is 6.07 Å². The van der Waals surface area contributed by atoms with Gasteiger partial charge in [-0.3, -0.25) is 0 Å². The van der Waals surface area contributed by atoms with Gasteiger partial charge in [0.2, 0.25) is 0 Å². The highest BCUT2D eigenvalue weighted by Gasteiger charge is 2.13. The van der Waals surface area contributed by atoms with Crippen LogP contribution >= 0.6 is 0 Å². The maximum Gasteiger partial charge on any atom is 0.339 e. The van der Waals surface area contributed by atoms with Crippen LogP contribution in [0, 0.1) is 0 Å². The van der Waals surface area contributed by atoms with Crippen LogP contribution in [0.2, 0.25) is 0 Å². The summed E-state index contributed by atoms with van der Waals surface area (Å²) in [6.07, 6.45) is 1.05. The third-order valence-corrected chi connectivity index (χ3v) is 2.28. The Balaban J connectivity index is 3.00. The molecule has 1 aromatic rings. The number of para-hydroxylation sites is 1. The van der Waals surface area contributed by atoms with Crippen LogP contribution in [-0.4, -0.2) is 26.7 Å². The van der Waals surface area contributed by atoms with Gasteiger partial charge >= 0.3 is 5.97 Å². The van der Waals surface area contributed by atoms with Crippen LogP contribution in [0.15, 0.2) is 24.3 Å². The number of methoxy groups -OCH3 is 1. The monoisotopic (exact) mass is 207 g/mol. The van der Waals surface area contributed by atoms with E-state index in [2.05, 4.69) is 11.8 Å². The Labute approximate surface area is 90.7 Å². The van der Waals surface area contributed by atoms with Crippen molar-refractivity contribution in [3.05, 3.63) is 29.8 Å². The number of hydrogen-bond donors (Lipinski definition) is 0. The largest absolute Gasteiger partial charge is 0.465 e. The molecule has 0 bridgehead atoms. The number of esters is 1. The molecule has 0 aliphatic heterocycles. The van der Waals surface area contributed by atoms with Gasteiger partial charge in [0.1, 0.15) is 0 Å². The highest BCUT2D eigenvalue weighted by molar-refractivity contribution is 5.95. The van der Waals surface area contributed by atoms with Crippen LogP contribution < -0.4 is 4.90 Å². The lowest BCUT2D eigenvalue weighted by Gasteiger charge is -2.20. The molecule has 1 aromatic carbocycles. The summed E-state index contributed by atoms with van der Waals surface area (Å²) >= 11 is 0. The minimum Gasteiger partial charge on any atom is -0.465 e. The van der Waals surface area contributed by atoms with E-state index in [9.17, 15) is 4.79 Å². The first-order valence-electron chi connectivity index (χ1n) is 5.09. The number of carbonyl (C=O) groups is 1. The Morgan fingerprint density at radius 1 is 1.40 bits per heavy atom. The van der Waals surface area contributed by atoms with Crippen molar-refractivity contribution in [3.8, 4) is 0 Å². The summed E-state index contributed by atoms with van der Waals surface area (Å²) in [5.41, 5.74) is 1.54. The Bertz CT molecular complexity index is 336. The topological polar surface area (TPSA) is 29.5 Å². The summed E-state index contributed by atoms with van der Waals surface area (Å²) in [5.74, 6) is -0.284. The van der Waals surface area contributed by atoms with Crippen LogP contribution in [0.5, 0.6) is 0 Å². The van der Waals surface area contributed by atoms with Crippen molar-refractivity contribution in [2.24, 2.45) is 0 Å². The predicted octanol–water partition coefficient (Wildman–Crippen LogP) is 2.32. The Hall–Kier alpha value is -1.51. The van der Waals surface area contributed by atoms with Crippen molar-refractivity contribution in [1.82, 2.24) is 0 Å². The molecule has 0 aliphatic carbocycles. The number of hydrogen-bond acceptors (Lipinski definition) is 3. The Kier molecular flexibility index (Phi) is 4.16. The maximum absolute atomic E-state index is 11.5. The van der Waals surface area contributed by atoms with E-state index in [0.29, 0.717) is 5.56 Å². The minimum absolute atomic E-state index is 0.284. The van der Waals surface area contributed by atoms with Crippen LogP contribution in [0.4, 0.5) is 5.69 Å². The molecule has 0 amide bonds. The second kappa shape index (κ2) is 5.39. The lowest BCUT2D eigenvalue weighted by molar-refractivity contribution is 0.0601. The zero-order valence-corrected chi connectivity index (χ0v) is 9.49. The van der Waals surface area contributed by atoms with E-state index in [-0.39, 0.29) is 5.97 Å². The molecular weight excluding hydrogens is 190 g/mol. The zero-order valence-electron chi connectivity index (χ0n) is 9.49. The molecule has 0 aromatic heterocycles. The van der Waals surface area contributed by atoms with Crippen LogP contribution in [0.1, 0.15) is 23.7 Å². The van der Waals surface area contributed by atoms with Crippen molar-refractivity contribution >= 4 is 11.7 Å². The number of nitrogens with zero attached hydrogens (tertiary/aromatic N) is 1. The fourth-order valence-electron chi connectivity index (χ4n) is 1.54. The molecule has 0 unspecified atom stereocenters. The van der Waals surface area contributed by atoms with Crippen LogP contribution in [0.3, 0.4) is 0 Å². The van der Waals surface area contributed by atoms with Gasteiger partial charge in [0, 0.05) is 13.6 Å². The summed E-state index contributed by atoms with van der Waals surface area (Å²) in [7, 11) is 3.38. The number of benzene rings is 1. The average Bonchev–Trinajstić information content (AvgIpc) is 2.28. The summed E-state index contributed by atoms with van der Waals surface area (Å²) in [6.45, 7) is 3.03. The van der Waals surface area contributed by atoms with E-state index in [4.69, 9.17) is 4.74 Å². The zero-order chi connectivity index (χ0) is 11.3. The molecule has 0 spiro atoms. The number of anilines is 1. The fourth-order valence-corrected chi connectivity index (χ4v) is 1.54. The highest BCUT2D eigenvalue weighted by atomic mass is 16.5. The van der Waals surface area contributed by atoms with E-state index >= 15 is 0 Å². The molecule has 15 heavy (non-hydrogen) atoms. The molecule has 0 heterocycles. The SMILES string of the molecule is CCCN(C)c1ccccc1C(=O)OC. The molecule has 0 atom stereocenters. The van der Waals surface area contributed by atoms with Crippen molar-refractivity contribution in [3.63, 3.8) is 0 Å². The smallest absolute Gasteiger partial charge is 0.339 e. The molecule has 0 fully saturated rings. The molecule has 3 heteroatoms. The van der Waals surface area contributed by atoms with Crippen LogP contribution in [0.25, 0.3) is 0 Å². The van der Waals surface area contributed by atoms with E-state index in [1.807, 2.05) is 25.2 Å². The molecular formula is C12H17NO2. The summed E-state index contributed by atoms with van der Waals surface area (Å²) in [6, 6.07) is 7.48. The van der Waals surface area contributed by atoms with E-state index in [1.165, 1.54) is 7.11 Å². The quantitative estimate of drug-likeness (QED) is 0.710. The first-order valence-corrected chi connectivity index (χ1v) is 5.09. The van der Waals surface area contributed by atoms with E-state index in [0.717, 1.165) is 18.7 Å². The van der Waals surface area contributed by atoms with Gasteiger partial charge < -0.3 is 9.64 Å². The number of ether oxygens (including phenoxy) is 1. The minimum atomic E-state index is -0.284. The Morgan fingerprint density at radius 2 is 2.07 bits per heavy atom. The van der Waals surface area contributed by atoms with Gasteiger partial charge in [-0.1, -0.05) is 19.1 Å². The van der Waals surface area contributed by atoms with Gasteiger partial charge in [-0.25, -0.2) is 4.79 Å². The van der Waals surface area contributed by atoms with Crippen molar-refractivity contribution in [2.45, 2.75) is 13.3 Å². The standard InChI is InChI=1S/C12H17NO2/c1-4-9-13(2)11-8-6-5-7-10(11)12(14)15-3/h5-8H,4,9H2,1-3H3. The molecule has 0 saturated carbocycles. The highest BCUT2D eigenvalue weighted by Crippen LogP contribution is 2.19. The second-order valence-electron chi connectivity index (χ2n) is 3.43. The van der Waals surface area contributed by atoms with Gasteiger partial charge in [-0.05, 0) is 18.6 Å². The van der Waals surface area contributed by atoms with Gasteiger partial charge in [0.25, 0.3) is 0 Å². The fraction of sp³-hybridized carbons (Fsp3) is 0.417. The van der Waals surface area contributed by atoms with Crippen molar-refractivity contribution in [2.75, 3.05) is 25.6 Å². The molecule has 0 N–H and O–H groups in total. The summed E-state index contributed by atoms with van der Waals surface area (Å²) in [4.78, 5) is 13.6.